The molecule has 20 heavy (non-hydrogen) atoms. The van der Waals surface area contributed by atoms with Crippen LogP contribution in [0.25, 0.3) is 11.1 Å². The van der Waals surface area contributed by atoms with Crippen LogP contribution in [-0.4, -0.2) is 11.5 Å². The van der Waals surface area contributed by atoms with E-state index in [9.17, 15) is 13.2 Å². The van der Waals surface area contributed by atoms with Crippen LogP contribution < -0.4 is 4.74 Å². The number of rotatable bonds is 3. The molecule has 0 heterocycles. The summed E-state index contributed by atoms with van der Waals surface area (Å²) in [5.74, 6) is -0.433. The fourth-order valence-corrected chi connectivity index (χ4v) is 2.01. The van der Waals surface area contributed by atoms with Gasteiger partial charge in [0.05, 0.1) is 6.61 Å². The maximum absolute atomic E-state index is 12.3. The van der Waals surface area contributed by atoms with Crippen molar-refractivity contribution in [3.8, 4) is 16.9 Å². The van der Waals surface area contributed by atoms with E-state index in [-0.39, 0.29) is 5.56 Å². The minimum atomic E-state index is -4.82. The van der Waals surface area contributed by atoms with Crippen LogP contribution in [0.15, 0.2) is 42.5 Å². The fraction of sp³-hybridized carbons (Fsp3) is 0.143. The zero-order valence-corrected chi connectivity index (χ0v) is 10.9. The third kappa shape index (κ3) is 3.43. The van der Waals surface area contributed by atoms with Crippen molar-refractivity contribution in [1.82, 2.24) is 0 Å². The second kappa shape index (κ2) is 5.73. The van der Waals surface area contributed by atoms with Crippen LogP contribution in [0.5, 0.6) is 5.75 Å². The highest BCUT2D eigenvalue weighted by molar-refractivity contribution is 6.33. The lowest BCUT2D eigenvalue weighted by Gasteiger charge is -2.14. The minimum absolute atomic E-state index is 0.0538. The number of halogens is 4. The first-order valence-corrected chi connectivity index (χ1v) is 6.03. The van der Waals surface area contributed by atoms with Crippen LogP contribution >= 0.6 is 11.6 Å². The maximum atomic E-state index is 12.3. The van der Waals surface area contributed by atoms with E-state index in [0.29, 0.717) is 16.1 Å². The Labute approximate surface area is 118 Å². The highest BCUT2D eigenvalue weighted by Gasteiger charge is 2.32. The number of benzene rings is 2. The van der Waals surface area contributed by atoms with E-state index in [2.05, 4.69) is 4.74 Å². The number of ether oxygens (including phenoxy) is 1. The SMILES string of the molecule is OCc1ccc(-c2ccccc2Cl)cc1OC(F)(F)F. The molecule has 0 radical (unpaired) electrons. The lowest BCUT2D eigenvalue weighted by molar-refractivity contribution is -0.275. The van der Waals surface area contributed by atoms with Crippen molar-refractivity contribution in [1.29, 1.82) is 0 Å². The summed E-state index contributed by atoms with van der Waals surface area (Å²) in [6, 6.07) is 10.9. The maximum Gasteiger partial charge on any atom is 0.573 e. The third-order valence-corrected chi connectivity index (χ3v) is 2.98. The average Bonchev–Trinajstić information content (AvgIpc) is 2.37. The van der Waals surface area contributed by atoms with Gasteiger partial charge in [-0.05, 0) is 17.7 Å². The topological polar surface area (TPSA) is 29.5 Å². The monoisotopic (exact) mass is 302 g/mol. The van der Waals surface area contributed by atoms with Crippen LogP contribution in [0.2, 0.25) is 5.02 Å². The highest BCUT2D eigenvalue weighted by atomic mass is 35.5. The summed E-state index contributed by atoms with van der Waals surface area (Å²) >= 11 is 6.01. The molecule has 6 heteroatoms. The molecule has 2 rings (SSSR count). The normalized spacial score (nSPS) is 11.4. The smallest absolute Gasteiger partial charge is 0.405 e. The highest BCUT2D eigenvalue weighted by Crippen LogP contribution is 2.34. The van der Waals surface area contributed by atoms with Crippen LogP contribution in [0.4, 0.5) is 13.2 Å². The van der Waals surface area contributed by atoms with Crippen molar-refractivity contribution in [2.75, 3.05) is 0 Å². The summed E-state index contributed by atoms with van der Waals surface area (Å²) in [5.41, 5.74) is 1.12. The lowest BCUT2D eigenvalue weighted by Crippen LogP contribution is -2.18. The van der Waals surface area contributed by atoms with Crippen molar-refractivity contribution >= 4 is 11.6 Å². The van der Waals surface area contributed by atoms with E-state index in [1.807, 2.05) is 0 Å². The summed E-state index contributed by atoms with van der Waals surface area (Å²) in [7, 11) is 0. The number of hydrogen-bond acceptors (Lipinski definition) is 2. The molecule has 1 N–H and O–H groups in total. The van der Waals surface area contributed by atoms with Gasteiger partial charge >= 0.3 is 6.36 Å². The average molecular weight is 303 g/mol. The molecule has 0 atom stereocenters. The molecule has 106 valence electrons. The van der Waals surface area contributed by atoms with Gasteiger partial charge in [-0.15, -0.1) is 13.2 Å². The van der Waals surface area contributed by atoms with Gasteiger partial charge < -0.3 is 9.84 Å². The first kappa shape index (κ1) is 14.7. The lowest BCUT2D eigenvalue weighted by atomic mass is 10.0. The molecule has 2 nitrogen and oxygen atoms in total. The van der Waals surface area contributed by atoms with Gasteiger partial charge in [0, 0.05) is 16.1 Å². The van der Waals surface area contributed by atoms with Crippen LogP contribution in [-0.2, 0) is 6.61 Å². The van der Waals surface area contributed by atoms with Crippen molar-refractivity contribution in [3.05, 3.63) is 53.1 Å². The standard InChI is InChI=1S/C14H10ClF3O2/c15-12-4-2-1-3-11(12)9-5-6-10(8-19)13(7-9)20-14(16,17)18/h1-7,19H,8H2. The van der Waals surface area contributed by atoms with E-state index < -0.39 is 18.7 Å². The minimum Gasteiger partial charge on any atom is -0.405 e. The Morgan fingerprint density at radius 1 is 1.10 bits per heavy atom. The first-order valence-electron chi connectivity index (χ1n) is 5.65. The molecule has 2 aromatic rings. The third-order valence-electron chi connectivity index (χ3n) is 2.65. The van der Waals surface area contributed by atoms with Gasteiger partial charge in [-0.3, -0.25) is 0 Å². The molecule has 0 fully saturated rings. The van der Waals surface area contributed by atoms with E-state index in [1.54, 1.807) is 30.3 Å². The first-order chi connectivity index (χ1) is 9.40. The second-order valence-corrected chi connectivity index (χ2v) is 4.42. The number of aliphatic hydroxyl groups is 1. The Bertz CT molecular complexity index is 612. The zero-order valence-electron chi connectivity index (χ0n) is 10.1. The van der Waals surface area contributed by atoms with Gasteiger partial charge in [0.1, 0.15) is 5.75 Å². The molecule has 0 amide bonds. The molecule has 0 saturated heterocycles. The van der Waals surface area contributed by atoms with E-state index in [4.69, 9.17) is 16.7 Å². The second-order valence-electron chi connectivity index (χ2n) is 4.01. The van der Waals surface area contributed by atoms with Crippen molar-refractivity contribution in [2.45, 2.75) is 13.0 Å². The number of aliphatic hydroxyl groups excluding tert-OH is 1. The fourth-order valence-electron chi connectivity index (χ4n) is 1.77. The van der Waals surface area contributed by atoms with Gasteiger partial charge in [0.2, 0.25) is 0 Å². The Morgan fingerprint density at radius 3 is 2.40 bits per heavy atom. The van der Waals surface area contributed by atoms with Crippen LogP contribution in [0, 0.1) is 0 Å². The van der Waals surface area contributed by atoms with E-state index in [0.717, 1.165) is 0 Å². The van der Waals surface area contributed by atoms with Gasteiger partial charge in [0.15, 0.2) is 0 Å². The van der Waals surface area contributed by atoms with Crippen LogP contribution in [0.1, 0.15) is 5.56 Å². The van der Waals surface area contributed by atoms with Gasteiger partial charge in [-0.2, -0.15) is 0 Å². The molecule has 0 saturated carbocycles. The summed E-state index contributed by atoms with van der Waals surface area (Å²) in [6.07, 6.45) is -4.82. The Morgan fingerprint density at radius 2 is 1.80 bits per heavy atom. The Hall–Kier alpha value is -1.72. The largest absolute Gasteiger partial charge is 0.573 e. The van der Waals surface area contributed by atoms with Crippen LogP contribution in [0.3, 0.4) is 0 Å². The molecule has 0 bridgehead atoms. The predicted molar refractivity (Wildman–Crippen MR) is 69.5 cm³/mol. The molecule has 0 spiro atoms. The molecule has 2 aromatic carbocycles. The van der Waals surface area contributed by atoms with Crippen molar-refractivity contribution in [3.63, 3.8) is 0 Å². The molecule has 0 unspecified atom stereocenters. The van der Waals surface area contributed by atoms with E-state index in [1.165, 1.54) is 12.1 Å². The molecule has 0 aliphatic heterocycles. The zero-order chi connectivity index (χ0) is 14.8. The summed E-state index contributed by atoms with van der Waals surface area (Å²) in [5, 5.41) is 9.48. The summed E-state index contributed by atoms with van der Waals surface area (Å²) < 4.78 is 40.9. The Kier molecular flexibility index (Phi) is 4.20. The van der Waals surface area contributed by atoms with Gasteiger partial charge in [-0.1, -0.05) is 41.9 Å². The summed E-state index contributed by atoms with van der Waals surface area (Å²) in [6.45, 7) is -0.547. The summed E-state index contributed by atoms with van der Waals surface area (Å²) in [4.78, 5) is 0. The van der Waals surface area contributed by atoms with E-state index >= 15 is 0 Å². The molecule has 0 aromatic heterocycles. The Balaban J connectivity index is 2.47. The number of hydrogen-bond donors (Lipinski definition) is 1. The van der Waals surface area contributed by atoms with Crippen molar-refractivity contribution < 1.29 is 23.0 Å². The van der Waals surface area contributed by atoms with Gasteiger partial charge in [-0.25, -0.2) is 0 Å². The molecular weight excluding hydrogens is 293 g/mol. The molecule has 0 aliphatic rings. The van der Waals surface area contributed by atoms with Crippen molar-refractivity contribution in [2.24, 2.45) is 0 Å². The number of alkyl halides is 3. The molecule has 0 aliphatic carbocycles. The molecular formula is C14H10ClF3O2. The van der Waals surface area contributed by atoms with Gasteiger partial charge in [0.25, 0.3) is 0 Å². The quantitative estimate of drug-likeness (QED) is 0.910. The predicted octanol–water partition coefficient (Wildman–Crippen LogP) is 4.40.